The largest absolute Gasteiger partial charge is 0.337 e. The minimum Gasteiger partial charge on any atom is -0.337 e. The molecule has 1 rings (SSSR count). The van der Waals surface area contributed by atoms with Gasteiger partial charge in [-0.1, -0.05) is 13.8 Å². The number of hydrogen-bond acceptors (Lipinski definition) is 4. The molecule has 0 saturated carbocycles. The molecule has 1 aromatic heterocycles. The number of rotatable bonds is 9. The number of imidazole rings is 1. The predicted octanol–water partition coefficient (Wildman–Crippen LogP) is 0.618. The van der Waals surface area contributed by atoms with Gasteiger partial charge in [0, 0.05) is 25.5 Å². The summed E-state index contributed by atoms with van der Waals surface area (Å²) in [5.74, 6) is 0.877. The lowest BCUT2D eigenvalue weighted by Gasteiger charge is -2.09. The minimum atomic E-state index is -3.21. The van der Waals surface area contributed by atoms with Crippen LogP contribution in [0, 0.1) is 0 Å². The van der Waals surface area contributed by atoms with Crippen molar-refractivity contribution in [1.82, 2.24) is 19.6 Å². The van der Waals surface area contributed by atoms with Gasteiger partial charge in [0.05, 0.1) is 12.3 Å². The lowest BCUT2D eigenvalue weighted by Crippen LogP contribution is -2.28. The van der Waals surface area contributed by atoms with E-state index in [-0.39, 0.29) is 12.3 Å². The first-order valence-corrected chi connectivity index (χ1v) is 8.23. The first-order valence-electron chi connectivity index (χ1n) is 6.57. The number of sulfonamides is 1. The second-order valence-corrected chi connectivity index (χ2v) is 6.84. The van der Waals surface area contributed by atoms with Gasteiger partial charge in [-0.3, -0.25) is 0 Å². The van der Waals surface area contributed by atoms with Gasteiger partial charge in [-0.25, -0.2) is 18.1 Å². The molecule has 0 saturated heterocycles. The van der Waals surface area contributed by atoms with E-state index in [9.17, 15) is 8.42 Å². The fraction of sp³-hybridized carbons (Fsp3) is 0.750. The zero-order valence-corrected chi connectivity index (χ0v) is 12.7. The van der Waals surface area contributed by atoms with Gasteiger partial charge >= 0.3 is 0 Å². The van der Waals surface area contributed by atoms with Crippen LogP contribution in [0.5, 0.6) is 0 Å². The highest BCUT2D eigenvalue weighted by Gasteiger charge is 2.10. The Hall–Kier alpha value is -0.920. The molecule has 1 heterocycles. The standard InChI is InChI=1S/C12H24N4O2S/c1-11(2)13-6-4-5-9-19(17,18)15-10-12-14-7-8-16(12)3/h7-8,11,13,15H,4-6,9-10H2,1-3H3. The van der Waals surface area contributed by atoms with Gasteiger partial charge in [0.25, 0.3) is 0 Å². The number of aromatic nitrogens is 2. The maximum absolute atomic E-state index is 11.8. The number of nitrogens with zero attached hydrogens (tertiary/aromatic N) is 2. The van der Waals surface area contributed by atoms with Crippen LogP contribution in [-0.2, 0) is 23.6 Å². The van der Waals surface area contributed by atoms with Crippen LogP contribution in [-0.4, -0.2) is 36.3 Å². The van der Waals surface area contributed by atoms with Gasteiger partial charge in [0.1, 0.15) is 5.82 Å². The van der Waals surface area contributed by atoms with Crippen LogP contribution in [0.3, 0.4) is 0 Å². The van der Waals surface area contributed by atoms with Gasteiger partial charge in [0.15, 0.2) is 0 Å². The topological polar surface area (TPSA) is 76.0 Å². The lowest BCUT2D eigenvalue weighted by atomic mass is 10.3. The normalized spacial score (nSPS) is 12.2. The molecule has 110 valence electrons. The number of nitrogens with one attached hydrogen (secondary N) is 2. The smallest absolute Gasteiger partial charge is 0.212 e. The number of unbranched alkanes of at least 4 members (excludes halogenated alkanes) is 1. The SMILES string of the molecule is CC(C)NCCCCS(=O)(=O)NCc1nccn1C. The molecule has 0 bridgehead atoms. The Morgan fingerprint density at radius 1 is 1.37 bits per heavy atom. The fourth-order valence-corrected chi connectivity index (χ4v) is 2.70. The summed E-state index contributed by atoms with van der Waals surface area (Å²) >= 11 is 0. The molecule has 0 unspecified atom stereocenters. The van der Waals surface area contributed by atoms with Crippen molar-refractivity contribution in [3.63, 3.8) is 0 Å². The van der Waals surface area contributed by atoms with Crippen molar-refractivity contribution in [3.05, 3.63) is 18.2 Å². The summed E-state index contributed by atoms with van der Waals surface area (Å²) in [5.41, 5.74) is 0. The monoisotopic (exact) mass is 288 g/mol. The van der Waals surface area contributed by atoms with Gasteiger partial charge in [-0.05, 0) is 19.4 Å². The third-order valence-electron chi connectivity index (χ3n) is 2.76. The molecule has 1 aromatic rings. The zero-order chi connectivity index (χ0) is 14.3. The van der Waals surface area contributed by atoms with Gasteiger partial charge < -0.3 is 9.88 Å². The summed E-state index contributed by atoms with van der Waals surface area (Å²) in [4.78, 5) is 4.07. The van der Waals surface area contributed by atoms with Gasteiger partial charge in [-0.2, -0.15) is 0 Å². The third-order valence-corrected chi connectivity index (χ3v) is 4.17. The number of aryl methyl sites for hydroxylation is 1. The number of hydrogen-bond donors (Lipinski definition) is 2. The Labute approximate surface area is 115 Å². The molecule has 0 atom stereocenters. The van der Waals surface area contributed by atoms with Crippen molar-refractivity contribution in [2.24, 2.45) is 7.05 Å². The van der Waals surface area contributed by atoms with Crippen LogP contribution >= 0.6 is 0 Å². The van der Waals surface area contributed by atoms with E-state index in [1.807, 2.05) is 7.05 Å². The summed E-state index contributed by atoms with van der Waals surface area (Å²) < 4.78 is 27.9. The molecule has 0 aliphatic carbocycles. The van der Waals surface area contributed by atoms with Crippen molar-refractivity contribution in [2.45, 2.75) is 39.3 Å². The molecule has 0 aliphatic rings. The molecule has 0 radical (unpaired) electrons. The van der Waals surface area contributed by atoms with Gasteiger partial charge in [-0.15, -0.1) is 0 Å². The Bertz CT molecular complexity index is 468. The fourth-order valence-electron chi connectivity index (χ4n) is 1.62. The Balaban J connectivity index is 2.23. The summed E-state index contributed by atoms with van der Waals surface area (Å²) in [5, 5.41) is 3.27. The summed E-state index contributed by atoms with van der Waals surface area (Å²) in [7, 11) is -1.36. The Morgan fingerprint density at radius 2 is 2.11 bits per heavy atom. The molecule has 7 heteroatoms. The highest BCUT2D eigenvalue weighted by atomic mass is 32.2. The Morgan fingerprint density at radius 3 is 2.68 bits per heavy atom. The van der Waals surface area contributed by atoms with Gasteiger partial charge in [0.2, 0.25) is 10.0 Å². The van der Waals surface area contributed by atoms with E-state index in [1.165, 1.54) is 0 Å². The van der Waals surface area contributed by atoms with E-state index in [2.05, 4.69) is 28.9 Å². The van der Waals surface area contributed by atoms with E-state index in [4.69, 9.17) is 0 Å². The Kier molecular flexibility index (Phi) is 6.47. The van der Waals surface area contributed by atoms with Crippen molar-refractivity contribution < 1.29 is 8.42 Å². The third kappa shape index (κ3) is 6.70. The van der Waals surface area contributed by atoms with E-state index in [1.54, 1.807) is 17.0 Å². The van der Waals surface area contributed by atoms with E-state index in [0.29, 0.717) is 18.3 Å². The van der Waals surface area contributed by atoms with Crippen molar-refractivity contribution in [1.29, 1.82) is 0 Å². The van der Waals surface area contributed by atoms with Crippen LogP contribution in [0.1, 0.15) is 32.5 Å². The lowest BCUT2D eigenvalue weighted by molar-refractivity contribution is 0.554. The van der Waals surface area contributed by atoms with Crippen molar-refractivity contribution in [3.8, 4) is 0 Å². The first kappa shape index (κ1) is 16.1. The molecule has 0 amide bonds. The van der Waals surface area contributed by atoms with Crippen molar-refractivity contribution >= 4 is 10.0 Å². The maximum Gasteiger partial charge on any atom is 0.212 e. The maximum atomic E-state index is 11.8. The van der Waals surface area contributed by atoms with Crippen molar-refractivity contribution in [2.75, 3.05) is 12.3 Å². The van der Waals surface area contributed by atoms with Crippen LogP contribution in [0.15, 0.2) is 12.4 Å². The highest BCUT2D eigenvalue weighted by molar-refractivity contribution is 7.89. The summed E-state index contributed by atoms with van der Waals surface area (Å²) in [6, 6.07) is 0.443. The van der Waals surface area contributed by atoms with Crippen LogP contribution < -0.4 is 10.0 Å². The predicted molar refractivity (Wildman–Crippen MR) is 76.2 cm³/mol. The van der Waals surface area contributed by atoms with E-state index < -0.39 is 10.0 Å². The van der Waals surface area contributed by atoms with Crippen LogP contribution in [0.4, 0.5) is 0 Å². The molecular formula is C12H24N4O2S. The average molecular weight is 288 g/mol. The molecule has 19 heavy (non-hydrogen) atoms. The zero-order valence-electron chi connectivity index (χ0n) is 11.9. The second-order valence-electron chi connectivity index (χ2n) is 4.91. The minimum absolute atomic E-state index is 0.164. The average Bonchev–Trinajstić information content (AvgIpc) is 2.71. The second kappa shape index (κ2) is 7.62. The van der Waals surface area contributed by atoms with E-state index >= 15 is 0 Å². The summed E-state index contributed by atoms with van der Waals surface area (Å²) in [6.07, 6.45) is 4.97. The summed E-state index contributed by atoms with van der Waals surface area (Å²) in [6.45, 7) is 5.25. The van der Waals surface area contributed by atoms with Crippen LogP contribution in [0.2, 0.25) is 0 Å². The molecule has 2 N–H and O–H groups in total. The molecule has 0 aliphatic heterocycles. The molecule has 6 nitrogen and oxygen atoms in total. The molecular weight excluding hydrogens is 264 g/mol. The molecule has 0 fully saturated rings. The highest BCUT2D eigenvalue weighted by Crippen LogP contribution is 1.98. The molecule has 0 spiro atoms. The quantitative estimate of drug-likeness (QED) is 0.653. The molecule has 0 aromatic carbocycles. The van der Waals surface area contributed by atoms with Crippen LogP contribution in [0.25, 0.3) is 0 Å². The van der Waals surface area contributed by atoms with E-state index in [0.717, 1.165) is 13.0 Å². The first-order chi connectivity index (χ1) is 8.91.